The third-order valence-electron chi connectivity index (χ3n) is 5.18. The first-order valence-corrected chi connectivity index (χ1v) is 11.0. The van der Waals surface area contributed by atoms with Crippen LogP contribution in [0.1, 0.15) is 10.4 Å². The Morgan fingerprint density at radius 1 is 0.862 bits per heavy atom. The summed E-state index contributed by atoms with van der Waals surface area (Å²) in [6.07, 6.45) is 0. The number of amides is 1. The average molecular weight is 410 g/mol. The first kappa shape index (κ1) is 19.4. The molecule has 0 bridgehead atoms. The molecule has 6 nitrogen and oxygen atoms in total. The first-order chi connectivity index (χ1) is 13.9. The number of carbonyl (C=O) groups is 1. The summed E-state index contributed by atoms with van der Waals surface area (Å²) in [5, 5.41) is 1.83. The zero-order chi connectivity index (χ0) is 20.4. The van der Waals surface area contributed by atoms with Gasteiger partial charge >= 0.3 is 0 Å². The molecule has 0 saturated carbocycles. The summed E-state index contributed by atoms with van der Waals surface area (Å²) in [6, 6.07) is 19.3. The van der Waals surface area contributed by atoms with Crippen LogP contribution in [0.25, 0.3) is 10.8 Å². The van der Waals surface area contributed by atoms with Crippen molar-refractivity contribution in [3.05, 3.63) is 72.3 Å². The van der Waals surface area contributed by atoms with E-state index in [9.17, 15) is 13.2 Å². The minimum absolute atomic E-state index is 0.0788. The Bertz CT molecular complexity index is 1150. The second-order valence-electron chi connectivity index (χ2n) is 7.29. The molecule has 0 radical (unpaired) electrons. The monoisotopic (exact) mass is 409 g/mol. The number of hydrogen-bond donors (Lipinski definition) is 1. The Morgan fingerprint density at radius 3 is 2.34 bits per heavy atom. The fourth-order valence-corrected chi connectivity index (χ4v) is 4.54. The number of fused-ring (bicyclic) bond motifs is 1. The highest BCUT2D eigenvalue weighted by Crippen LogP contribution is 2.22. The number of likely N-dealkylation sites (N-methyl/N-ethyl adjacent to an activating group) is 1. The molecule has 0 aromatic heterocycles. The van der Waals surface area contributed by atoms with Crippen LogP contribution in [0.4, 0.5) is 5.69 Å². The van der Waals surface area contributed by atoms with Gasteiger partial charge in [0, 0.05) is 37.4 Å². The highest BCUT2D eigenvalue weighted by molar-refractivity contribution is 7.92. The molecule has 1 saturated heterocycles. The van der Waals surface area contributed by atoms with Crippen molar-refractivity contribution >= 4 is 32.4 Å². The van der Waals surface area contributed by atoms with Crippen LogP contribution in [0.15, 0.2) is 71.6 Å². The lowest BCUT2D eigenvalue weighted by Gasteiger charge is -2.32. The number of hydrogen-bond acceptors (Lipinski definition) is 4. The summed E-state index contributed by atoms with van der Waals surface area (Å²) in [6.45, 7) is 3.00. The maximum absolute atomic E-state index is 12.9. The zero-order valence-corrected chi connectivity index (χ0v) is 17.0. The number of benzene rings is 3. The molecule has 29 heavy (non-hydrogen) atoms. The van der Waals surface area contributed by atoms with Crippen LogP contribution in [0.5, 0.6) is 0 Å². The SMILES string of the molecule is CN1CCN(C(=O)c2cccc(NS(=O)(=O)c3ccc4ccccc4c3)c2)CC1. The number of sulfonamides is 1. The predicted octanol–water partition coefficient (Wildman–Crippen LogP) is 3.03. The Morgan fingerprint density at radius 2 is 1.59 bits per heavy atom. The van der Waals surface area contributed by atoms with Crippen LogP contribution < -0.4 is 4.72 Å². The second kappa shape index (κ2) is 7.85. The molecular formula is C22H23N3O3S. The molecule has 1 heterocycles. The fourth-order valence-electron chi connectivity index (χ4n) is 3.46. The Balaban J connectivity index is 1.55. The summed E-state index contributed by atoms with van der Waals surface area (Å²) >= 11 is 0. The molecule has 0 aliphatic carbocycles. The standard InChI is InChI=1S/C22H23N3O3S/c1-24-11-13-25(14-12-24)22(26)19-7-4-8-20(15-19)23-29(27,28)21-10-9-17-5-2-3-6-18(17)16-21/h2-10,15-16,23H,11-14H2,1H3. The topological polar surface area (TPSA) is 69.7 Å². The van der Waals surface area contributed by atoms with Crippen molar-refractivity contribution in [2.75, 3.05) is 37.9 Å². The van der Waals surface area contributed by atoms with Crippen LogP contribution >= 0.6 is 0 Å². The number of piperazine rings is 1. The molecule has 1 aliphatic rings. The third-order valence-corrected chi connectivity index (χ3v) is 6.56. The predicted molar refractivity (Wildman–Crippen MR) is 115 cm³/mol. The van der Waals surface area contributed by atoms with Gasteiger partial charge in [-0.3, -0.25) is 9.52 Å². The van der Waals surface area contributed by atoms with E-state index in [2.05, 4.69) is 9.62 Å². The van der Waals surface area contributed by atoms with Crippen LogP contribution in [0, 0.1) is 0 Å². The van der Waals surface area contributed by atoms with Gasteiger partial charge in [-0.1, -0.05) is 36.4 Å². The Kier molecular flexibility index (Phi) is 5.25. The van der Waals surface area contributed by atoms with Gasteiger partial charge in [-0.15, -0.1) is 0 Å². The Hall–Kier alpha value is -2.90. The van der Waals surface area contributed by atoms with Crippen molar-refractivity contribution in [1.82, 2.24) is 9.80 Å². The van der Waals surface area contributed by atoms with Gasteiger partial charge in [0.05, 0.1) is 4.90 Å². The van der Waals surface area contributed by atoms with Crippen LogP contribution in [-0.4, -0.2) is 57.4 Å². The number of nitrogens with one attached hydrogen (secondary N) is 1. The lowest BCUT2D eigenvalue weighted by atomic mass is 10.1. The van der Waals surface area contributed by atoms with Gasteiger partial charge in [-0.2, -0.15) is 0 Å². The van der Waals surface area contributed by atoms with Gasteiger partial charge in [-0.25, -0.2) is 8.42 Å². The molecule has 150 valence electrons. The summed E-state index contributed by atoms with van der Waals surface area (Å²) in [5.41, 5.74) is 0.853. The van der Waals surface area contributed by atoms with E-state index in [1.165, 1.54) is 0 Å². The molecular weight excluding hydrogens is 386 g/mol. The van der Waals surface area contributed by atoms with Crippen molar-refractivity contribution in [2.24, 2.45) is 0 Å². The molecule has 0 atom stereocenters. The van der Waals surface area contributed by atoms with Gasteiger partial charge in [-0.05, 0) is 48.2 Å². The van der Waals surface area contributed by atoms with E-state index in [-0.39, 0.29) is 10.8 Å². The van der Waals surface area contributed by atoms with E-state index in [0.717, 1.165) is 23.9 Å². The number of carbonyl (C=O) groups excluding carboxylic acids is 1. The van der Waals surface area contributed by atoms with Gasteiger partial charge < -0.3 is 9.80 Å². The summed E-state index contributed by atoms with van der Waals surface area (Å²) < 4.78 is 28.3. The van der Waals surface area contributed by atoms with Crippen molar-refractivity contribution in [2.45, 2.75) is 4.90 Å². The fraction of sp³-hybridized carbons (Fsp3) is 0.227. The van der Waals surface area contributed by atoms with Crippen molar-refractivity contribution in [1.29, 1.82) is 0 Å². The summed E-state index contributed by atoms with van der Waals surface area (Å²) in [7, 11) is -1.73. The maximum atomic E-state index is 12.9. The van der Waals surface area contributed by atoms with Crippen LogP contribution in [0.3, 0.4) is 0 Å². The molecule has 0 spiro atoms. The highest BCUT2D eigenvalue weighted by atomic mass is 32.2. The molecule has 3 aromatic carbocycles. The smallest absolute Gasteiger partial charge is 0.261 e. The van der Waals surface area contributed by atoms with E-state index in [1.807, 2.05) is 31.3 Å². The van der Waals surface area contributed by atoms with Gasteiger partial charge in [0.1, 0.15) is 0 Å². The molecule has 1 aliphatic heterocycles. The van der Waals surface area contributed by atoms with Crippen molar-refractivity contribution < 1.29 is 13.2 Å². The Labute approximate surface area is 170 Å². The van der Waals surface area contributed by atoms with E-state index >= 15 is 0 Å². The zero-order valence-electron chi connectivity index (χ0n) is 16.2. The van der Waals surface area contributed by atoms with E-state index in [4.69, 9.17) is 0 Å². The molecule has 1 fully saturated rings. The molecule has 7 heteroatoms. The molecule has 1 N–H and O–H groups in total. The first-order valence-electron chi connectivity index (χ1n) is 9.52. The minimum atomic E-state index is -3.76. The highest BCUT2D eigenvalue weighted by Gasteiger charge is 2.21. The molecule has 3 aromatic rings. The van der Waals surface area contributed by atoms with Crippen LogP contribution in [0.2, 0.25) is 0 Å². The van der Waals surface area contributed by atoms with Crippen molar-refractivity contribution in [3.8, 4) is 0 Å². The summed E-state index contributed by atoms with van der Waals surface area (Å²) in [4.78, 5) is 16.9. The quantitative estimate of drug-likeness (QED) is 0.719. The largest absolute Gasteiger partial charge is 0.336 e. The lowest BCUT2D eigenvalue weighted by molar-refractivity contribution is 0.0664. The van der Waals surface area contributed by atoms with E-state index in [1.54, 1.807) is 47.4 Å². The summed E-state index contributed by atoms with van der Waals surface area (Å²) in [5.74, 6) is -0.0788. The van der Waals surface area contributed by atoms with Crippen LogP contribution in [-0.2, 0) is 10.0 Å². The number of anilines is 1. The number of nitrogens with zero attached hydrogens (tertiary/aromatic N) is 2. The van der Waals surface area contributed by atoms with E-state index < -0.39 is 10.0 Å². The molecule has 0 unspecified atom stereocenters. The average Bonchev–Trinajstić information content (AvgIpc) is 2.73. The maximum Gasteiger partial charge on any atom is 0.261 e. The van der Waals surface area contributed by atoms with Gasteiger partial charge in [0.25, 0.3) is 15.9 Å². The second-order valence-corrected chi connectivity index (χ2v) is 8.97. The molecule has 4 rings (SSSR count). The lowest BCUT2D eigenvalue weighted by Crippen LogP contribution is -2.47. The number of rotatable bonds is 4. The van der Waals surface area contributed by atoms with Crippen molar-refractivity contribution in [3.63, 3.8) is 0 Å². The van der Waals surface area contributed by atoms with Gasteiger partial charge in [0.2, 0.25) is 0 Å². The van der Waals surface area contributed by atoms with Gasteiger partial charge in [0.15, 0.2) is 0 Å². The minimum Gasteiger partial charge on any atom is -0.336 e. The molecule has 1 amide bonds. The third kappa shape index (κ3) is 4.26. The van der Waals surface area contributed by atoms with E-state index in [0.29, 0.717) is 24.3 Å². The normalized spacial score (nSPS) is 15.4.